The lowest BCUT2D eigenvalue weighted by atomic mass is 9.93. The average Bonchev–Trinajstić information content (AvgIpc) is 3.68. The van der Waals surface area contributed by atoms with E-state index < -0.39 is 158 Å². The highest BCUT2D eigenvalue weighted by Crippen LogP contribution is 2.68. The summed E-state index contributed by atoms with van der Waals surface area (Å²) in [5, 5.41) is 8.27. The number of hydrogen-bond acceptors (Lipinski definition) is 10. The van der Waals surface area contributed by atoms with Crippen LogP contribution in [0.25, 0.3) is 22.0 Å². The van der Waals surface area contributed by atoms with Crippen LogP contribution in [0, 0.1) is 29.4 Å². The lowest BCUT2D eigenvalue weighted by molar-refractivity contribution is -0.142. The van der Waals surface area contributed by atoms with Crippen LogP contribution >= 0.6 is 11.6 Å². The molecule has 1 saturated carbocycles. The normalized spacial score (nSPS) is 17.6. The molecule has 0 bridgehead atoms. The highest BCUT2D eigenvalue weighted by Gasteiger charge is 2.68. The lowest BCUT2D eigenvalue weighted by Crippen LogP contribution is -2.36. The molecule has 1 amide bonds. The Bertz CT molecular complexity index is 3290. The number of nitrogens with one attached hydrogen (secondary N) is 1. The van der Waals surface area contributed by atoms with Crippen molar-refractivity contribution in [1.29, 1.82) is 0 Å². The van der Waals surface area contributed by atoms with E-state index in [9.17, 15) is 65.2 Å². The first-order valence-electron chi connectivity index (χ1n) is 19.5. The molecule has 1 N–H and O–H groups in total. The van der Waals surface area contributed by atoms with Gasteiger partial charge in [0, 0.05) is 34.9 Å². The number of nitrogens with zero attached hydrogens (tertiary/aromatic N) is 6. The maximum atomic E-state index is 15.5. The van der Waals surface area contributed by atoms with Gasteiger partial charge in [-0.05, 0) is 74.4 Å². The summed E-state index contributed by atoms with van der Waals surface area (Å²) < 4.78 is 221. The molecule has 3 atom stereocenters. The largest absolute Gasteiger partial charge is 0.435 e. The Morgan fingerprint density at radius 3 is 2.07 bits per heavy atom. The van der Waals surface area contributed by atoms with Gasteiger partial charge in [-0.3, -0.25) is 14.2 Å². The Kier molecular flexibility index (Phi) is 12.3. The molecular weight excluding hydrogens is 1010 g/mol. The van der Waals surface area contributed by atoms with Crippen LogP contribution in [0.5, 0.6) is 0 Å². The number of carbonyl (C=O) groups is 1. The zero-order valence-corrected chi connectivity index (χ0v) is 38.7. The van der Waals surface area contributed by atoms with Gasteiger partial charge < -0.3 is 5.32 Å². The van der Waals surface area contributed by atoms with Crippen LogP contribution in [0.3, 0.4) is 0 Å². The molecule has 2 aromatic carbocycles. The Hall–Kier alpha value is -5.46. The first-order chi connectivity index (χ1) is 31.0. The van der Waals surface area contributed by atoms with Crippen molar-refractivity contribution < 1.29 is 74.0 Å². The summed E-state index contributed by atoms with van der Waals surface area (Å²) in [6, 6.07) is 4.55. The van der Waals surface area contributed by atoms with Crippen molar-refractivity contribution >= 4 is 64.1 Å². The molecule has 0 saturated heterocycles. The second-order valence-electron chi connectivity index (χ2n) is 16.7. The number of aromatic nitrogens is 5. The van der Waals surface area contributed by atoms with Gasteiger partial charge in [-0.25, -0.2) is 39.0 Å². The van der Waals surface area contributed by atoms with Crippen LogP contribution in [0.15, 0.2) is 42.5 Å². The van der Waals surface area contributed by atoms with E-state index >= 15 is 8.78 Å². The van der Waals surface area contributed by atoms with Crippen molar-refractivity contribution in [3.63, 3.8) is 0 Å². The van der Waals surface area contributed by atoms with E-state index in [4.69, 9.17) is 11.6 Å². The first kappa shape index (κ1) is 50.4. The third-order valence-electron chi connectivity index (χ3n) is 11.1. The van der Waals surface area contributed by atoms with E-state index in [1.807, 2.05) is 0 Å². The number of pyridine rings is 1. The number of rotatable bonds is 12. The molecule has 3 aromatic heterocycles. The van der Waals surface area contributed by atoms with Crippen molar-refractivity contribution in [2.75, 3.05) is 22.5 Å². The van der Waals surface area contributed by atoms with Gasteiger partial charge in [0.1, 0.15) is 40.9 Å². The van der Waals surface area contributed by atoms with Crippen LogP contribution < -0.4 is 9.03 Å². The molecule has 0 aliphatic heterocycles. The minimum Gasteiger partial charge on any atom is -0.346 e. The fourth-order valence-electron chi connectivity index (χ4n) is 7.95. The lowest BCUT2D eigenvalue weighted by Gasteiger charge is -2.23. The van der Waals surface area contributed by atoms with E-state index in [2.05, 4.69) is 32.3 Å². The Labute approximate surface area is 385 Å². The van der Waals surface area contributed by atoms with E-state index in [1.54, 1.807) is 0 Å². The molecule has 3 heterocycles. The topological polar surface area (TPSA) is 183 Å². The molecule has 68 heavy (non-hydrogen) atoms. The minimum absolute atomic E-state index is 0.178. The highest BCUT2D eigenvalue weighted by atomic mass is 35.5. The predicted octanol–water partition coefficient (Wildman–Crippen LogP) is 7.02. The number of amides is 1. The van der Waals surface area contributed by atoms with E-state index in [1.165, 1.54) is 13.8 Å². The number of hydrogen-bond donors (Lipinski definition) is 1. The molecule has 5 aromatic rings. The van der Waals surface area contributed by atoms with Crippen molar-refractivity contribution in [3.8, 4) is 23.0 Å². The number of anilines is 1. The van der Waals surface area contributed by atoms with Crippen LogP contribution in [0.2, 0.25) is 5.02 Å². The van der Waals surface area contributed by atoms with Crippen LogP contribution in [-0.2, 0) is 66.3 Å². The van der Waals surface area contributed by atoms with E-state index in [-0.39, 0.29) is 36.3 Å². The maximum Gasteiger partial charge on any atom is 0.435 e. The molecule has 0 spiro atoms. The monoisotopic (exact) mass is 1050 g/mol. The van der Waals surface area contributed by atoms with Crippen LogP contribution in [0.4, 0.5) is 49.7 Å². The third kappa shape index (κ3) is 9.73. The Morgan fingerprint density at radius 2 is 1.51 bits per heavy atom. The zero-order valence-electron chi connectivity index (χ0n) is 35.5. The van der Waals surface area contributed by atoms with Gasteiger partial charge in [0.05, 0.1) is 40.2 Å². The number of sulfonamides is 2. The number of halogens is 11. The molecule has 1 fully saturated rings. The minimum atomic E-state index is -5.22. The van der Waals surface area contributed by atoms with Gasteiger partial charge in [-0.2, -0.15) is 45.3 Å². The second-order valence-corrected chi connectivity index (χ2v) is 23.6. The van der Waals surface area contributed by atoms with E-state index in [0.29, 0.717) is 18.6 Å². The number of sulfone groups is 1. The Morgan fingerprint density at radius 1 is 0.912 bits per heavy atom. The fraction of sp³-hybridized carbons (Fsp3) is 0.400. The zero-order chi connectivity index (χ0) is 50.6. The van der Waals surface area contributed by atoms with Gasteiger partial charge in [-0.15, -0.1) is 3.71 Å². The van der Waals surface area contributed by atoms with Crippen molar-refractivity contribution in [2.45, 2.75) is 74.8 Å². The van der Waals surface area contributed by atoms with Gasteiger partial charge in [-0.1, -0.05) is 23.6 Å². The highest BCUT2D eigenvalue weighted by molar-refractivity contribution is 8.09. The van der Waals surface area contributed by atoms with Crippen LogP contribution in [0.1, 0.15) is 66.1 Å². The fourth-order valence-corrected chi connectivity index (χ4v) is 11.3. The van der Waals surface area contributed by atoms with Crippen LogP contribution in [-0.4, -0.2) is 85.4 Å². The summed E-state index contributed by atoms with van der Waals surface area (Å²) >= 11 is 6.49. The molecule has 28 heteroatoms. The molecule has 366 valence electrons. The number of benzene rings is 2. The van der Waals surface area contributed by atoms with Gasteiger partial charge in [0.2, 0.25) is 26.0 Å². The molecule has 14 nitrogen and oxygen atoms in total. The second kappa shape index (κ2) is 16.6. The molecule has 0 radical (unpaired) electrons. The molecular formula is C40H34ClF10N7O7S3. The molecule has 2 aliphatic carbocycles. The molecule has 2 aliphatic rings. The van der Waals surface area contributed by atoms with Gasteiger partial charge in [0.15, 0.2) is 21.3 Å². The first-order valence-corrected chi connectivity index (χ1v) is 25.5. The van der Waals surface area contributed by atoms with Crippen molar-refractivity contribution in [1.82, 2.24) is 29.9 Å². The standard InChI is InChI=1S/C40H34ClF10N7O7S3/c1-37(2,66(3,60)61)11-10-22-6-7-23(24-8-9-27(41)31-33(24)57(18-38(44,45)46)55-36(31)58(67(4,62)63)68(5,64)65)32(52-22)28(14-19-12-20(42)15-21(43)13-19)53-29(59)17-56-35-30(34(54-56)40(49,50)51)25-16-26(25)39(35,47)48/h6-9,12-13,15,25-26,28H,14,16-18H2,1-5H3,(H,53,59)/t25-,26?,28-/m0/s1. The molecule has 7 rings (SSSR count). The predicted molar refractivity (Wildman–Crippen MR) is 225 cm³/mol. The maximum absolute atomic E-state index is 15.5. The van der Waals surface area contributed by atoms with Crippen molar-refractivity contribution in [2.24, 2.45) is 5.92 Å². The third-order valence-corrected chi connectivity index (χ3v) is 16.5. The summed E-state index contributed by atoms with van der Waals surface area (Å²) in [5.41, 5.74) is -6.11. The summed E-state index contributed by atoms with van der Waals surface area (Å²) in [7, 11) is -13.7. The summed E-state index contributed by atoms with van der Waals surface area (Å²) in [5.74, 6) is -6.26. The average molecular weight is 1050 g/mol. The van der Waals surface area contributed by atoms with Crippen molar-refractivity contribution in [3.05, 3.63) is 93.0 Å². The van der Waals surface area contributed by atoms with E-state index in [0.717, 1.165) is 42.7 Å². The summed E-state index contributed by atoms with van der Waals surface area (Å²) in [6.45, 7) is -0.877. The molecule has 1 unspecified atom stereocenters. The number of carbonyl (C=O) groups excluding carboxylic acids is 1. The number of alkyl halides is 8. The van der Waals surface area contributed by atoms with Gasteiger partial charge in [0.25, 0.3) is 5.92 Å². The SMILES string of the molecule is CC(C)(C#Cc1ccc(-c2ccc(Cl)c3c(N(S(C)(=O)=O)S(C)(=O)=O)nn(CC(F)(F)F)c23)c([C@H](Cc2cc(F)cc(F)c2)NC(=O)Cn2nc(C(F)(F)F)c3c2C(F)(F)C2C[C@H]32)n1)S(C)(=O)=O. The Balaban J connectivity index is 1.50. The summed E-state index contributed by atoms with van der Waals surface area (Å²) in [4.78, 5) is 18.5. The number of fused-ring (bicyclic) bond motifs is 4. The van der Waals surface area contributed by atoms with Gasteiger partial charge >= 0.3 is 12.4 Å². The quantitative estimate of drug-likeness (QED) is 0.101. The summed E-state index contributed by atoms with van der Waals surface area (Å²) in [6.07, 6.45) is -9.67. The smallest absolute Gasteiger partial charge is 0.346 e.